The molecule has 0 saturated heterocycles. The number of aliphatic imine (C=N–C) groups is 1. The van der Waals surface area contributed by atoms with Gasteiger partial charge in [0.1, 0.15) is 5.84 Å². The average Bonchev–Trinajstić information content (AvgIpc) is 2.58. The van der Waals surface area contributed by atoms with Crippen LogP contribution in [0.1, 0.15) is 5.56 Å². The van der Waals surface area contributed by atoms with Crippen molar-refractivity contribution in [1.82, 2.24) is 9.78 Å². The summed E-state index contributed by atoms with van der Waals surface area (Å²) in [6.45, 7) is 0. The van der Waals surface area contributed by atoms with Crippen molar-refractivity contribution in [2.75, 3.05) is 5.32 Å². The molecule has 3 rings (SSSR count). The van der Waals surface area contributed by atoms with E-state index in [0.717, 1.165) is 16.9 Å². The van der Waals surface area contributed by atoms with Crippen LogP contribution in [0, 0.1) is 0 Å². The zero-order valence-electron chi connectivity index (χ0n) is 9.11. The van der Waals surface area contributed by atoms with Crippen LogP contribution in [0.3, 0.4) is 0 Å². The molecule has 1 aromatic heterocycles. The van der Waals surface area contributed by atoms with Crippen LogP contribution in [0.15, 0.2) is 29.4 Å². The van der Waals surface area contributed by atoms with Gasteiger partial charge >= 0.3 is 0 Å². The molecule has 0 bridgehead atoms. The molecule has 0 spiro atoms. The Morgan fingerprint density at radius 2 is 2.24 bits per heavy atom. The van der Waals surface area contributed by atoms with Gasteiger partial charge in [-0.15, -0.1) is 0 Å². The number of nitrogens with one attached hydrogen (secondary N) is 1. The Hall–Kier alpha value is -2.01. The molecule has 0 amide bonds. The molecule has 0 radical (unpaired) electrons. The number of fused-ring (bicyclic) bond motifs is 2. The topological polar surface area (TPSA) is 68.2 Å². The number of amidine groups is 1. The quantitative estimate of drug-likeness (QED) is 0.750. The van der Waals surface area contributed by atoms with Crippen LogP contribution in [0.2, 0.25) is 5.02 Å². The van der Waals surface area contributed by atoms with Gasteiger partial charge in [0, 0.05) is 18.3 Å². The first-order chi connectivity index (χ1) is 8.13. The third kappa shape index (κ3) is 1.64. The van der Waals surface area contributed by atoms with Gasteiger partial charge in [0.2, 0.25) is 0 Å². The van der Waals surface area contributed by atoms with Crippen molar-refractivity contribution >= 4 is 34.6 Å². The highest BCUT2D eigenvalue weighted by atomic mass is 35.5. The summed E-state index contributed by atoms with van der Waals surface area (Å²) < 4.78 is 1.70. The smallest absolute Gasteiger partial charge is 0.163 e. The number of aryl methyl sites for hydroxylation is 1. The van der Waals surface area contributed by atoms with Gasteiger partial charge < -0.3 is 11.1 Å². The number of anilines is 2. The molecule has 1 aliphatic heterocycles. The first-order valence-corrected chi connectivity index (χ1v) is 5.46. The van der Waals surface area contributed by atoms with Crippen LogP contribution >= 0.6 is 11.6 Å². The van der Waals surface area contributed by atoms with Crippen molar-refractivity contribution < 1.29 is 0 Å². The summed E-state index contributed by atoms with van der Waals surface area (Å²) in [6.07, 6.45) is 1.83. The monoisotopic (exact) mass is 247 g/mol. The van der Waals surface area contributed by atoms with Gasteiger partial charge in [0.15, 0.2) is 5.82 Å². The minimum atomic E-state index is 0.432. The van der Waals surface area contributed by atoms with Crippen molar-refractivity contribution in [3.05, 3.63) is 35.0 Å². The van der Waals surface area contributed by atoms with Crippen molar-refractivity contribution in [3.8, 4) is 0 Å². The zero-order valence-corrected chi connectivity index (χ0v) is 9.86. The molecule has 5 nitrogen and oxygen atoms in total. The standard InChI is InChI=1S/C11H10ClN5/c1-17-5-7-10(13)14-9-4-6(12)2-3-8(9)15-11(7)16-17/h2-5H,1H3,(H2,13,14)(H,15,16). The minimum Gasteiger partial charge on any atom is -0.383 e. The van der Waals surface area contributed by atoms with Crippen LogP contribution < -0.4 is 11.1 Å². The molecule has 0 fully saturated rings. The van der Waals surface area contributed by atoms with Gasteiger partial charge in [-0.25, -0.2) is 4.99 Å². The lowest BCUT2D eigenvalue weighted by Gasteiger charge is -2.04. The SMILES string of the molecule is Cn1cc2c(n1)Nc1ccc(Cl)cc1N=C2N. The van der Waals surface area contributed by atoms with E-state index in [-0.39, 0.29) is 0 Å². The van der Waals surface area contributed by atoms with Crippen molar-refractivity contribution in [3.63, 3.8) is 0 Å². The second-order valence-corrected chi connectivity index (χ2v) is 4.29. The van der Waals surface area contributed by atoms with Crippen LogP contribution in [0.4, 0.5) is 17.2 Å². The summed E-state index contributed by atoms with van der Waals surface area (Å²) in [4.78, 5) is 4.35. The molecule has 6 heteroatoms. The number of rotatable bonds is 0. The van der Waals surface area contributed by atoms with E-state index in [9.17, 15) is 0 Å². The van der Waals surface area contributed by atoms with Crippen molar-refractivity contribution in [2.45, 2.75) is 0 Å². The predicted molar refractivity (Wildman–Crippen MR) is 68.3 cm³/mol. The highest BCUT2D eigenvalue weighted by Crippen LogP contribution is 2.34. The second kappa shape index (κ2) is 3.49. The predicted octanol–water partition coefficient (Wildman–Crippen LogP) is 2.17. The minimum absolute atomic E-state index is 0.432. The fourth-order valence-electron chi connectivity index (χ4n) is 1.79. The number of hydrogen-bond donors (Lipinski definition) is 2. The average molecular weight is 248 g/mol. The van der Waals surface area contributed by atoms with Crippen molar-refractivity contribution in [1.29, 1.82) is 0 Å². The molecule has 2 aromatic rings. The summed E-state index contributed by atoms with van der Waals surface area (Å²) in [5.74, 6) is 1.14. The second-order valence-electron chi connectivity index (χ2n) is 3.85. The van der Waals surface area contributed by atoms with Crippen molar-refractivity contribution in [2.24, 2.45) is 17.8 Å². The van der Waals surface area contributed by atoms with E-state index in [0.29, 0.717) is 16.7 Å². The first kappa shape index (κ1) is 10.2. The van der Waals surface area contributed by atoms with E-state index in [1.165, 1.54) is 0 Å². The van der Waals surface area contributed by atoms with E-state index in [2.05, 4.69) is 15.4 Å². The summed E-state index contributed by atoms with van der Waals surface area (Å²) in [5.41, 5.74) is 8.29. The first-order valence-electron chi connectivity index (χ1n) is 5.08. The lowest BCUT2D eigenvalue weighted by atomic mass is 10.2. The Kier molecular flexibility index (Phi) is 2.09. The molecule has 1 aromatic carbocycles. The Labute approximate surface area is 103 Å². The van der Waals surface area contributed by atoms with Crippen LogP contribution in [-0.4, -0.2) is 15.6 Å². The fraction of sp³-hybridized carbons (Fsp3) is 0.0909. The summed E-state index contributed by atoms with van der Waals surface area (Å²) in [5, 5.41) is 8.12. The third-order valence-corrected chi connectivity index (χ3v) is 2.79. The van der Waals surface area contributed by atoms with E-state index in [4.69, 9.17) is 17.3 Å². The fourth-order valence-corrected chi connectivity index (χ4v) is 1.96. The number of benzene rings is 1. The zero-order chi connectivity index (χ0) is 12.0. The van der Waals surface area contributed by atoms with Gasteiger partial charge in [-0.2, -0.15) is 5.10 Å². The highest BCUT2D eigenvalue weighted by molar-refractivity contribution is 6.31. The molecule has 0 saturated carbocycles. The molecule has 3 N–H and O–H groups in total. The lowest BCUT2D eigenvalue weighted by Crippen LogP contribution is -2.12. The molecule has 0 atom stereocenters. The van der Waals surface area contributed by atoms with E-state index < -0.39 is 0 Å². The van der Waals surface area contributed by atoms with Crippen LogP contribution in [0.5, 0.6) is 0 Å². The molecule has 0 aliphatic carbocycles. The maximum Gasteiger partial charge on any atom is 0.163 e. The highest BCUT2D eigenvalue weighted by Gasteiger charge is 2.17. The van der Waals surface area contributed by atoms with Gasteiger partial charge in [-0.05, 0) is 18.2 Å². The van der Waals surface area contributed by atoms with Gasteiger partial charge in [-0.3, -0.25) is 4.68 Å². The molecular formula is C11H10ClN5. The maximum absolute atomic E-state index is 5.94. The summed E-state index contributed by atoms with van der Waals surface area (Å²) >= 11 is 5.93. The van der Waals surface area contributed by atoms with Gasteiger partial charge in [0.25, 0.3) is 0 Å². The molecule has 17 heavy (non-hydrogen) atoms. The Morgan fingerprint density at radius 3 is 3.06 bits per heavy atom. The largest absolute Gasteiger partial charge is 0.383 e. The Balaban J connectivity index is 2.22. The number of aromatic nitrogens is 2. The number of nitrogens with two attached hydrogens (primary N) is 1. The Bertz CT molecular complexity index is 629. The molecular weight excluding hydrogens is 238 g/mol. The number of halogens is 1. The van der Waals surface area contributed by atoms with Crippen LogP contribution in [-0.2, 0) is 7.05 Å². The van der Waals surface area contributed by atoms with E-state index >= 15 is 0 Å². The lowest BCUT2D eigenvalue weighted by molar-refractivity contribution is 0.771. The van der Waals surface area contributed by atoms with Gasteiger partial charge in [0.05, 0.1) is 16.9 Å². The molecule has 2 heterocycles. The normalized spacial score (nSPS) is 13.2. The Morgan fingerprint density at radius 1 is 1.41 bits per heavy atom. The maximum atomic E-state index is 5.94. The molecule has 0 unspecified atom stereocenters. The van der Waals surface area contributed by atoms with E-state index in [1.807, 2.05) is 19.3 Å². The number of hydrogen-bond acceptors (Lipinski definition) is 4. The summed E-state index contributed by atoms with van der Waals surface area (Å²) in [7, 11) is 1.84. The summed E-state index contributed by atoms with van der Waals surface area (Å²) in [6, 6.07) is 5.42. The third-order valence-electron chi connectivity index (χ3n) is 2.56. The van der Waals surface area contributed by atoms with E-state index in [1.54, 1.807) is 16.8 Å². The number of nitrogens with zero attached hydrogens (tertiary/aromatic N) is 3. The van der Waals surface area contributed by atoms with Gasteiger partial charge in [-0.1, -0.05) is 11.6 Å². The van der Waals surface area contributed by atoms with Crippen LogP contribution in [0.25, 0.3) is 0 Å². The molecule has 86 valence electrons. The molecule has 1 aliphatic rings.